The van der Waals surface area contributed by atoms with Gasteiger partial charge in [-0.15, -0.1) is 0 Å². The van der Waals surface area contributed by atoms with Gasteiger partial charge in [0.15, 0.2) is 9.84 Å². The van der Waals surface area contributed by atoms with Crippen LogP contribution in [0.15, 0.2) is 0 Å². The van der Waals surface area contributed by atoms with Gasteiger partial charge in [0.05, 0.1) is 11.0 Å². The summed E-state index contributed by atoms with van der Waals surface area (Å²) in [6.07, 6.45) is 3.67. The van der Waals surface area contributed by atoms with Gasteiger partial charge in [-0.1, -0.05) is 0 Å². The van der Waals surface area contributed by atoms with Crippen molar-refractivity contribution in [3.8, 4) is 0 Å². The van der Waals surface area contributed by atoms with E-state index in [-0.39, 0.29) is 5.25 Å². The van der Waals surface area contributed by atoms with Crippen LogP contribution in [-0.4, -0.2) is 35.9 Å². The van der Waals surface area contributed by atoms with Crippen LogP contribution in [-0.2, 0) is 9.84 Å². The normalized spacial score (nSPS) is 24.0. The highest BCUT2D eigenvalue weighted by atomic mass is 32.2. The molecule has 8 heteroatoms. The molecule has 0 amide bonds. The van der Waals surface area contributed by atoms with Crippen LogP contribution in [0.4, 0.5) is 11.6 Å². The highest BCUT2D eigenvalue weighted by molar-refractivity contribution is 7.92. The first-order valence-electron chi connectivity index (χ1n) is 7.32. The molecule has 1 atom stereocenters. The van der Waals surface area contributed by atoms with Crippen molar-refractivity contribution < 1.29 is 8.42 Å². The number of aromatic nitrogens is 2. The van der Waals surface area contributed by atoms with Crippen LogP contribution < -0.4 is 16.6 Å². The fraction of sp³-hybridized carbons (Fsp3) is 0.692. The lowest BCUT2D eigenvalue weighted by molar-refractivity contribution is 0.591. The van der Waals surface area contributed by atoms with Gasteiger partial charge >= 0.3 is 0 Å². The van der Waals surface area contributed by atoms with Gasteiger partial charge in [0, 0.05) is 18.0 Å². The van der Waals surface area contributed by atoms with Crippen LogP contribution in [0.25, 0.3) is 0 Å². The molecule has 3 rings (SSSR count). The SMILES string of the molecule is Cc1c(NN)nc(C2CC2)nc1NCC1CCCS1(=O)=O. The summed E-state index contributed by atoms with van der Waals surface area (Å²) in [7, 11) is -2.95. The maximum absolute atomic E-state index is 11.9. The summed E-state index contributed by atoms with van der Waals surface area (Å²) >= 11 is 0. The van der Waals surface area contributed by atoms with Gasteiger partial charge in [-0.3, -0.25) is 0 Å². The highest BCUT2D eigenvalue weighted by Gasteiger charge is 2.32. The first kappa shape index (κ1) is 14.5. The molecule has 1 aliphatic carbocycles. The lowest BCUT2D eigenvalue weighted by atomic mass is 10.2. The largest absolute Gasteiger partial charge is 0.368 e. The van der Waals surface area contributed by atoms with Gasteiger partial charge in [-0.2, -0.15) is 0 Å². The van der Waals surface area contributed by atoms with E-state index in [2.05, 4.69) is 20.7 Å². The standard InChI is InChI=1S/C13H21N5O2S/c1-8-11(15-7-10-3-2-6-21(10,19)20)16-13(9-4-5-9)17-12(8)18-14/h9-10H,2-7,14H2,1H3,(H2,15,16,17,18). The third kappa shape index (κ3) is 2.96. The number of hydrazine groups is 1. The summed E-state index contributed by atoms with van der Waals surface area (Å²) in [6.45, 7) is 2.27. The fourth-order valence-electron chi connectivity index (χ4n) is 2.67. The Morgan fingerprint density at radius 3 is 2.52 bits per heavy atom. The Morgan fingerprint density at radius 1 is 1.24 bits per heavy atom. The van der Waals surface area contributed by atoms with Gasteiger partial charge in [0.1, 0.15) is 17.5 Å². The summed E-state index contributed by atoms with van der Waals surface area (Å²) in [6, 6.07) is 0. The number of nitrogens with two attached hydrogens (primary N) is 1. The Kier molecular flexibility index (Phi) is 3.75. The van der Waals surface area contributed by atoms with Crippen LogP contribution in [0.5, 0.6) is 0 Å². The average molecular weight is 311 g/mol. The molecular weight excluding hydrogens is 290 g/mol. The van der Waals surface area contributed by atoms with E-state index in [0.717, 1.165) is 37.1 Å². The fourth-order valence-corrected chi connectivity index (χ4v) is 4.43. The molecule has 1 saturated carbocycles. The molecule has 7 nitrogen and oxygen atoms in total. The highest BCUT2D eigenvalue weighted by Crippen LogP contribution is 2.39. The quantitative estimate of drug-likeness (QED) is 0.548. The molecule has 0 aromatic carbocycles. The van der Waals surface area contributed by atoms with E-state index in [9.17, 15) is 8.42 Å². The van der Waals surface area contributed by atoms with Crippen molar-refractivity contribution in [1.82, 2.24) is 9.97 Å². The van der Waals surface area contributed by atoms with Gasteiger partial charge in [-0.25, -0.2) is 24.2 Å². The topological polar surface area (TPSA) is 110 Å². The van der Waals surface area contributed by atoms with E-state index < -0.39 is 9.84 Å². The molecule has 2 heterocycles. The predicted octanol–water partition coefficient (Wildman–Crippen LogP) is 0.937. The van der Waals surface area contributed by atoms with Gasteiger partial charge in [0.25, 0.3) is 0 Å². The van der Waals surface area contributed by atoms with Gasteiger partial charge < -0.3 is 10.7 Å². The third-order valence-electron chi connectivity index (χ3n) is 4.20. The molecule has 1 aromatic rings. The molecule has 0 bridgehead atoms. The minimum Gasteiger partial charge on any atom is -0.368 e. The number of nitrogens with zero attached hydrogens (tertiary/aromatic N) is 2. The van der Waals surface area contributed by atoms with Crippen molar-refractivity contribution in [1.29, 1.82) is 0 Å². The Morgan fingerprint density at radius 2 is 1.95 bits per heavy atom. The van der Waals surface area contributed by atoms with Crippen molar-refractivity contribution in [3.05, 3.63) is 11.4 Å². The van der Waals surface area contributed by atoms with E-state index in [1.54, 1.807) is 0 Å². The molecule has 1 aliphatic heterocycles. The number of rotatable bonds is 5. The average Bonchev–Trinajstić information content (AvgIpc) is 3.23. The minimum absolute atomic E-state index is 0.297. The van der Waals surface area contributed by atoms with Crippen molar-refractivity contribution in [2.75, 3.05) is 23.0 Å². The van der Waals surface area contributed by atoms with Crippen LogP contribution in [0.3, 0.4) is 0 Å². The number of hydrogen-bond acceptors (Lipinski definition) is 7. The third-order valence-corrected chi connectivity index (χ3v) is 6.48. The van der Waals surface area contributed by atoms with Crippen molar-refractivity contribution >= 4 is 21.5 Å². The molecule has 4 N–H and O–H groups in total. The second kappa shape index (κ2) is 5.42. The zero-order chi connectivity index (χ0) is 15.0. The van der Waals surface area contributed by atoms with Crippen LogP contribution in [0, 0.1) is 6.92 Å². The summed E-state index contributed by atoms with van der Waals surface area (Å²) in [5, 5.41) is 2.87. The first-order chi connectivity index (χ1) is 10.0. The molecule has 0 radical (unpaired) electrons. The van der Waals surface area contributed by atoms with E-state index >= 15 is 0 Å². The number of nitrogen functional groups attached to an aromatic ring is 1. The number of hydrogen-bond donors (Lipinski definition) is 3. The van der Waals surface area contributed by atoms with Crippen molar-refractivity contribution in [3.63, 3.8) is 0 Å². The molecule has 2 aliphatic rings. The summed E-state index contributed by atoms with van der Waals surface area (Å²) in [5.41, 5.74) is 3.41. The molecule has 2 fully saturated rings. The van der Waals surface area contributed by atoms with Gasteiger partial charge in [0.2, 0.25) is 0 Å². The number of nitrogens with one attached hydrogen (secondary N) is 2. The molecule has 1 saturated heterocycles. The molecule has 21 heavy (non-hydrogen) atoms. The Balaban J connectivity index is 1.79. The maximum Gasteiger partial charge on any atom is 0.154 e. The number of anilines is 2. The zero-order valence-electron chi connectivity index (χ0n) is 12.1. The molecular formula is C13H21N5O2S. The monoisotopic (exact) mass is 311 g/mol. The molecule has 116 valence electrons. The van der Waals surface area contributed by atoms with Gasteiger partial charge in [-0.05, 0) is 32.6 Å². The zero-order valence-corrected chi connectivity index (χ0v) is 12.9. The Labute approximate surface area is 124 Å². The van der Waals surface area contributed by atoms with Crippen LogP contribution in [0.2, 0.25) is 0 Å². The van der Waals surface area contributed by atoms with Crippen LogP contribution in [0.1, 0.15) is 43.0 Å². The lowest BCUT2D eigenvalue weighted by Crippen LogP contribution is -2.26. The lowest BCUT2D eigenvalue weighted by Gasteiger charge is -2.15. The van der Waals surface area contributed by atoms with E-state index in [4.69, 9.17) is 5.84 Å². The summed E-state index contributed by atoms with van der Waals surface area (Å²) < 4.78 is 23.7. The summed E-state index contributed by atoms with van der Waals surface area (Å²) in [5.74, 6) is 8.28. The van der Waals surface area contributed by atoms with E-state index in [1.807, 2.05) is 6.92 Å². The van der Waals surface area contributed by atoms with Crippen molar-refractivity contribution in [2.24, 2.45) is 5.84 Å². The smallest absolute Gasteiger partial charge is 0.154 e. The van der Waals surface area contributed by atoms with Crippen LogP contribution >= 0.6 is 0 Å². The Bertz CT molecular complexity index is 642. The Hall–Kier alpha value is -1.41. The molecule has 1 aromatic heterocycles. The van der Waals surface area contributed by atoms with E-state index in [1.165, 1.54) is 0 Å². The summed E-state index contributed by atoms with van der Waals surface area (Å²) in [4.78, 5) is 8.96. The second-order valence-corrected chi connectivity index (χ2v) is 8.24. The second-order valence-electron chi connectivity index (χ2n) is 5.83. The molecule has 1 unspecified atom stereocenters. The minimum atomic E-state index is -2.95. The first-order valence-corrected chi connectivity index (χ1v) is 9.03. The van der Waals surface area contributed by atoms with Crippen molar-refractivity contribution in [2.45, 2.75) is 43.8 Å². The predicted molar refractivity (Wildman–Crippen MR) is 81.9 cm³/mol. The maximum atomic E-state index is 11.9. The molecule has 0 spiro atoms. The van der Waals surface area contributed by atoms with E-state index in [0.29, 0.717) is 29.9 Å². The number of sulfone groups is 1.